The number of hydrogen-bond acceptors (Lipinski definition) is 4. The van der Waals surface area contributed by atoms with Gasteiger partial charge in [0.2, 0.25) is 0 Å². The van der Waals surface area contributed by atoms with E-state index in [0.29, 0.717) is 9.23 Å². The molecule has 0 aliphatic carbocycles. The van der Waals surface area contributed by atoms with E-state index in [9.17, 15) is 4.79 Å². The molecule has 3 nitrogen and oxygen atoms in total. The molecule has 3 rings (SSSR count). The predicted octanol–water partition coefficient (Wildman–Crippen LogP) is 4.10. The molecule has 2 heterocycles. The van der Waals surface area contributed by atoms with Crippen LogP contribution in [0.3, 0.4) is 0 Å². The van der Waals surface area contributed by atoms with Crippen molar-refractivity contribution in [3.8, 4) is 0 Å². The molecular formula is C17H14N2OS2. The summed E-state index contributed by atoms with van der Waals surface area (Å²) in [5.41, 5.74) is 3.89. The number of thioether (sulfide) groups is 1. The van der Waals surface area contributed by atoms with Crippen molar-refractivity contribution < 1.29 is 4.79 Å². The normalized spacial score (nSPS) is 16.6. The van der Waals surface area contributed by atoms with Crippen molar-refractivity contribution in [2.45, 2.75) is 13.8 Å². The number of pyridine rings is 1. The molecule has 0 atom stereocenters. The van der Waals surface area contributed by atoms with Gasteiger partial charge in [0.05, 0.1) is 10.6 Å². The van der Waals surface area contributed by atoms with Gasteiger partial charge in [0.25, 0.3) is 5.91 Å². The third-order valence-corrected chi connectivity index (χ3v) is 4.68. The average Bonchev–Trinajstić information content (AvgIpc) is 2.77. The van der Waals surface area contributed by atoms with Gasteiger partial charge in [-0.15, -0.1) is 0 Å². The van der Waals surface area contributed by atoms with Crippen LogP contribution >= 0.6 is 24.0 Å². The predicted molar refractivity (Wildman–Crippen MR) is 95.8 cm³/mol. The standard InChI is InChI=1S/C17H14N2OS2/c1-11-5-6-12(2)14(8-11)19-16(20)15(22-17(19)21)9-13-4-3-7-18-10-13/h3-10H,1-2H3/b15-9-. The summed E-state index contributed by atoms with van der Waals surface area (Å²) in [7, 11) is 0. The lowest BCUT2D eigenvalue weighted by molar-refractivity contribution is -0.113. The van der Waals surface area contributed by atoms with Gasteiger partial charge >= 0.3 is 0 Å². The number of anilines is 1. The zero-order chi connectivity index (χ0) is 15.7. The maximum Gasteiger partial charge on any atom is 0.270 e. The van der Waals surface area contributed by atoms with Gasteiger partial charge < -0.3 is 0 Å². The van der Waals surface area contributed by atoms with E-state index in [2.05, 4.69) is 4.98 Å². The summed E-state index contributed by atoms with van der Waals surface area (Å²) in [6, 6.07) is 9.79. The fraction of sp³-hybridized carbons (Fsp3) is 0.118. The van der Waals surface area contributed by atoms with E-state index < -0.39 is 0 Å². The van der Waals surface area contributed by atoms with Crippen molar-refractivity contribution in [2.24, 2.45) is 0 Å². The molecule has 110 valence electrons. The van der Waals surface area contributed by atoms with E-state index in [0.717, 1.165) is 22.4 Å². The van der Waals surface area contributed by atoms with Crippen LogP contribution in [-0.2, 0) is 4.79 Å². The number of aromatic nitrogens is 1. The molecule has 5 heteroatoms. The largest absolute Gasteiger partial charge is 0.270 e. The summed E-state index contributed by atoms with van der Waals surface area (Å²) < 4.78 is 0.564. The minimum Gasteiger partial charge on any atom is -0.268 e. The number of thiocarbonyl (C=S) groups is 1. The van der Waals surface area contributed by atoms with E-state index in [1.165, 1.54) is 11.8 Å². The van der Waals surface area contributed by atoms with Crippen molar-refractivity contribution in [1.82, 2.24) is 4.98 Å². The smallest absolute Gasteiger partial charge is 0.268 e. The van der Waals surface area contributed by atoms with Gasteiger partial charge in [-0.2, -0.15) is 0 Å². The molecule has 0 unspecified atom stereocenters. The number of aryl methyl sites for hydroxylation is 2. The molecule has 1 fully saturated rings. The highest BCUT2D eigenvalue weighted by atomic mass is 32.2. The summed E-state index contributed by atoms with van der Waals surface area (Å²) in [5, 5.41) is 0. The first-order valence-corrected chi connectivity index (χ1v) is 8.04. The molecule has 1 saturated heterocycles. The Balaban J connectivity index is 1.99. The minimum atomic E-state index is -0.0763. The molecule has 1 aliphatic heterocycles. The molecule has 1 aliphatic rings. The summed E-state index contributed by atoms with van der Waals surface area (Å²) in [6.07, 6.45) is 5.26. The highest BCUT2D eigenvalue weighted by Gasteiger charge is 2.34. The zero-order valence-electron chi connectivity index (χ0n) is 12.2. The SMILES string of the molecule is Cc1ccc(C)c(N2C(=O)/C(=C/c3cccnc3)SC2=S)c1. The lowest BCUT2D eigenvalue weighted by Crippen LogP contribution is -2.28. The third kappa shape index (κ3) is 2.82. The summed E-state index contributed by atoms with van der Waals surface area (Å²) >= 11 is 6.73. The van der Waals surface area contributed by atoms with Gasteiger partial charge in [-0.1, -0.05) is 42.2 Å². The quantitative estimate of drug-likeness (QED) is 0.614. The molecule has 0 saturated carbocycles. The molecular weight excluding hydrogens is 312 g/mol. The number of hydrogen-bond donors (Lipinski definition) is 0. The Morgan fingerprint density at radius 2 is 2.09 bits per heavy atom. The molecule has 0 radical (unpaired) electrons. The average molecular weight is 326 g/mol. The number of rotatable bonds is 2. The van der Waals surface area contributed by atoms with Crippen LogP contribution < -0.4 is 4.90 Å². The van der Waals surface area contributed by atoms with E-state index >= 15 is 0 Å². The second kappa shape index (κ2) is 6.02. The summed E-state index contributed by atoms with van der Waals surface area (Å²) in [5.74, 6) is -0.0763. The van der Waals surface area contributed by atoms with Gasteiger partial charge in [-0.3, -0.25) is 14.7 Å². The molecule has 2 aromatic rings. The Labute approximate surface area is 139 Å². The van der Waals surface area contributed by atoms with Crippen LogP contribution in [0.25, 0.3) is 6.08 Å². The Morgan fingerprint density at radius 3 is 2.82 bits per heavy atom. The van der Waals surface area contributed by atoms with Crippen molar-refractivity contribution in [2.75, 3.05) is 4.90 Å². The van der Waals surface area contributed by atoms with E-state index in [4.69, 9.17) is 12.2 Å². The van der Waals surface area contributed by atoms with Gasteiger partial charge in [-0.25, -0.2) is 0 Å². The molecule has 0 spiro atoms. The zero-order valence-corrected chi connectivity index (χ0v) is 13.9. The van der Waals surface area contributed by atoms with Crippen LogP contribution in [0.1, 0.15) is 16.7 Å². The van der Waals surface area contributed by atoms with Crippen LogP contribution in [0, 0.1) is 13.8 Å². The monoisotopic (exact) mass is 326 g/mol. The molecule has 1 amide bonds. The lowest BCUT2D eigenvalue weighted by Gasteiger charge is -2.17. The molecule has 1 aromatic heterocycles. The Bertz CT molecular complexity index is 785. The number of benzene rings is 1. The first kappa shape index (κ1) is 14.9. The maximum absolute atomic E-state index is 12.7. The summed E-state index contributed by atoms with van der Waals surface area (Å²) in [4.78, 5) is 19.0. The number of amides is 1. The molecule has 0 N–H and O–H groups in total. The Morgan fingerprint density at radius 1 is 1.27 bits per heavy atom. The Hall–Kier alpha value is -1.98. The minimum absolute atomic E-state index is 0.0763. The topological polar surface area (TPSA) is 33.2 Å². The number of carbonyl (C=O) groups is 1. The van der Waals surface area contributed by atoms with Crippen LogP contribution in [-0.4, -0.2) is 15.2 Å². The van der Waals surface area contributed by atoms with Gasteiger partial charge in [0.15, 0.2) is 4.32 Å². The highest BCUT2D eigenvalue weighted by Crippen LogP contribution is 2.37. The van der Waals surface area contributed by atoms with E-state index in [1.54, 1.807) is 17.3 Å². The van der Waals surface area contributed by atoms with Crippen LogP contribution in [0.4, 0.5) is 5.69 Å². The van der Waals surface area contributed by atoms with Crippen molar-refractivity contribution in [3.05, 3.63) is 64.3 Å². The van der Waals surface area contributed by atoms with E-state index in [1.807, 2.05) is 50.3 Å². The fourth-order valence-corrected chi connectivity index (χ4v) is 3.53. The second-order valence-electron chi connectivity index (χ2n) is 5.09. The maximum atomic E-state index is 12.7. The second-order valence-corrected chi connectivity index (χ2v) is 6.77. The first-order valence-electron chi connectivity index (χ1n) is 6.81. The highest BCUT2D eigenvalue weighted by molar-refractivity contribution is 8.27. The van der Waals surface area contributed by atoms with Crippen LogP contribution in [0.15, 0.2) is 47.6 Å². The van der Waals surface area contributed by atoms with Crippen molar-refractivity contribution >= 4 is 46.0 Å². The summed E-state index contributed by atoms with van der Waals surface area (Å²) in [6.45, 7) is 3.99. The Kier molecular flexibility index (Phi) is 4.09. The van der Waals surface area contributed by atoms with Gasteiger partial charge in [0.1, 0.15) is 0 Å². The molecule has 22 heavy (non-hydrogen) atoms. The molecule has 0 bridgehead atoms. The van der Waals surface area contributed by atoms with Crippen molar-refractivity contribution in [1.29, 1.82) is 0 Å². The third-order valence-electron chi connectivity index (χ3n) is 3.38. The van der Waals surface area contributed by atoms with Gasteiger partial charge in [-0.05, 0) is 48.7 Å². The first-order chi connectivity index (χ1) is 10.6. The lowest BCUT2D eigenvalue weighted by atomic mass is 10.1. The van der Waals surface area contributed by atoms with Crippen LogP contribution in [0.2, 0.25) is 0 Å². The fourth-order valence-electron chi connectivity index (χ4n) is 2.25. The van der Waals surface area contributed by atoms with E-state index in [-0.39, 0.29) is 5.91 Å². The molecule has 1 aromatic carbocycles. The van der Waals surface area contributed by atoms with Crippen molar-refractivity contribution in [3.63, 3.8) is 0 Å². The van der Waals surface area contributed by atoms with Crippen LogP contribution in [0.5, 0.6) is 0 Å². The number of nitrogens with zero attached hydrogens (tertiary/aromatic N) is 2. The number of carbonyl (C=O) groups excluding carboxylic acids is 1. The van der Waals surface area contributed by atoms with Gasteiger partial charge in [0, 0.05) is 12.4 Å².